The molecule has 1 fully saturated rings. The zero-order chi connectivity index (χ0) is 21.5. The number of ether oxygens (including phenoxy) is 1. The predicted molar refractivity (Wildman–Crippen MR) is 114 cm³/mol. The molecule has 0 bridgehead atoms. The maximum absolute atomic E-state index is 13.7. The first-order valence-corrected chi connectivity index (χ1v) is 10.0. The van der Waals surface area contributed by atoms with Gasteiger partial charge in [0.25, 0.3) is 0 Å². The molecular weight excluding hydrogens is 385 g/mol. The van der Waals surface area contributed by atoms with E-state index in [0.717, 1.165) is 22.4 Å². The molecule has 0 spiro atoms. The standard InChI is InChI=1S/C22H26FN5O2/c1-15-13-28(17-7-5-6-16(23)12-17)20-18(15)19(24-14-25-20)26-8-10-27(11-9-26)21(29)30-22(2,3)4/h5-7,12-14H,8-11H2,1-4H3. The zero-order valence-corrected chi connectivity index (χ0v) is 17.7. The molecule has 3 aromatic rings. The summed E-state index contributed by atoms with van der Waals surface area (Å²) >= 11 is 0. The first-order chi connectivity index (χ1) is 14.2. The number of fused-ring (bicyclic) bond motifs is 1. The molecule has 1 aromatic carbocycles. The highest BCUT2D eigenvalue weighted by molar-refractivity contribution is 5.92. The molecule has 8 heteroatoms. The first-order valence-electron chi connectivity index (χ1n) is 10.0. The lowest BCUT2D eigenvalue weighted by molar-refractivity contribution is 0.0240. The van der Waals surface area contributed by atoms with Gasteiger partial charge in [-0.3, -0.25) is 0 Å². The van der Waals surface area contributed by atoms with Crippen molar-refractivity contribution in [3.05, 3.63) is 48.2 Å². The van der Waals surface area contributed by atoms with Crippen molar-refractivity contribution >= 4 is 22.9 Å². The molecule has 0 saturated carbocycles. The van der Waals surface area contributed by atoms with Crippen LogP contribution in [0.25, 0.3) is 16.7 Å². The van der Waals surface area contributed by atoms with Crippen molar-refractivity contribution in [2.45, 2.75) is 33.3 Å². The fourth-order valence-electron chi connectivity index (χ4n) is 3.71. The quantitative estimate of drug-likeness (QED) is 0.640. The number of carbonyl (C=O) groups is 1. The maximum Gasteiger partial charge on any atom is 0.410 e. The van der Waals surface area contributed by atoms with Crippen LogP contribution in [-0.2, 0) is 4.74 Å². The van der Waals surface area contributed by atoms with Gasteiger partial charge in [0.05, 0.1) is 5.39 Å². The van der Waals surface area contributed by atoms with Crippen molar-refractivity contribution in [1.29, 1.82) is 0 Å². The molecule has 0 aliphatic carbocycles. The first kappa shape index (κ1) is 20.1. The average molecular weight is 411 g/mol. The monoisotopic (exact) mass is 411 g/mol. The van der Waals surface area contributed by atoms with E-state index in [1.54, 1.807) is 11.0 Å². The van der Waals surface area contributed by atoms with Crippen LogP contribution in [0, 0.1) is 12.7 Å². The molecule has 1 aliphatic heterocycles. The fraction of sp³-hybridized carbons (Fsp3) is 0.409. The van der Waals surface area contributed by atoms with Crippen LogP contribution in [0.1, 0.15) is 26.3 Å². The Morgan fingerprint density at radius 3 is 2.53 bits per heavy atom. The Kier molecular flexibility index (Phi) is 5.09. The lowest BCUT2D eigenvalue weighted by Crippen LogP contribution is -2.50. The third kappa shape index (κ3) is 3.94. The smallest absolute Gasteiger partial charge is 0.410 e. The molecule has 30 heavy (non-hydrogen) atoms. The SMILES string of the molecule is Cc1cn(-c2cccc(F)c2)c2ncnc(N3CCN(C(=O)OC(C)(C)C)CC3)c12. The third-order valence-electron chi connectivity index (χ3n) is 5.07. The third-order valence-corrected chi connectivity index (χ3v) is 5.07. The number of amides is 1. The largest absolute Gasteiger partial charge is 0.444 e. The minimum atomic E-state index is -0.510. The molecule has 4 rings (SSSR count). The van der Waals surface area contributed by atoms with Gasteiger partial charge in [0, 0.05) is 38.1 Å². The molecule has 1 saturated heterocycles. The summed E-state index contributed by atoms with van der Waals surface area (Å²) in [5.74, 6) is 0.538. The van der Waals surface area contributed by atoms with Gasteiger partial charge in [-0.25, -0.2) is 19.2 Å². The Balaban J connectivity index is 1.60. The molecule has 7 nitrogen and oxygen atoms in total. The van der Waals surface area contributed by atoms with Gasteiger partial charge < -0.3 is 19.1 Å². The minimum Gasteiger partial charge on any atom is -0.444 e. The second-order valence-corrected chi connectivity index (χ2v) is 8.51. The van der Waals surface area contributed by atoms with Crippen molar-refractivity contribution in [3.63, 3.8) is 0 Å². The lowest BCUT2D eigenvalue weighted by atomic mass is 10.2. The van der Waals surface area contributed by atoms with E-state index >= 15 is 0 Å². The van der Waals surface area contributed by atoms with Crippen molar-refractivity contribution in [3.8, 4) is 5.69 Å². The summed E-state index contributed by atoms with van der Waals surface area (Å²) in [6.45, 7) is 10.0. The van der Waals surface area contributed by atoms with Gasteiger partial charge in [-0.2, -0.15) is 0 Å². The van der Waals surface area contributed by atoms with Gasteiger partial charge in [-0.15, -0.1) is 0 Å². The van der Waals surface area contributed by atoms with E-state index < -0.39 is 5.60 Å². The second kappa shape index (κ2) is 7.59. The number of hydrogen-bond donors (Lipinski definition) is 0. The Bertz CT molecular complexity index is 1080. The van der Waals surface area contributed by atoms with Gasteiger partial charge in [0.15, 0.2) is 0 Å². The van der Waals surface area contributed by atoms with E-state index in [-0.39, 0.29) is 11.9 Å². The number of piperazine rings is 1. The van der Waals surface area contributed by atoms with Crippen LogP contribution >= 0.6 is 0 Å². The van der Waals surface area contributed by atoms with Gasteiger partial charge in [0.1, 0.15) is 29.2 Å². The molecule has 1 amide bonds. The molecule has 158 valence electrons. The Morgan fingerprint density at radius 2 is 1.87 bits per heavy atom. The Labute approximate surface area is 175 Å². The summed E-state index contributed by atoms with van der Waals surface area (Å²) in [6.07, 6.45) is 3.20. The predicted octanol–water partition coefficient (Wildman–Crippen LogP) is 3.93. The van der Waals surface area contributed by atoms with E-state index in [1.165, 1.54) is 18.5 Å². The number of benzene rings is 1. The van der Waals surface area contributed by atoms with Crippen LogP contribution in [0.4, 0.5) is 15.0 Å². The molecule has 0 unspecified atom stereocenters. The summed E-state index contributed by atoms with van der Waals surface area (Å²) in [4.78, 5) is 25.2. The lowest BCUT2D eigenvalue weighted by Gasteiger charge is -2.36. The number of nitrogens with zero attached hydrogens (tertiary/aromatic N) is 5. The van der Waals surface area contributed by atoms with E-state index in [4.69, 9.17) is 4.74 Å². The molecule has 3 heterocycles. The van der Waals surface area contributed by atoms with Gasteiger partial charge in [-0.1, -0.05) is 6.07 Å². The van der Waals surface area contributed by atoms with Crippen molar-refractivity contribution < 1.29 is 13.9 Å². The average Bonchev–Trinajstić information content (AvgIpc) is 3.04. The van der Waals surface area contributed by atoms with Crippen molar-refractivity contribution in [2.24, 2.45) is 0 Å². The highest BCUT2D eigenvalue weighted by Gasteiger charge is 2.27. The summed E-state index contributed by atoms with van der Waals surface area (Å²) in [7, 11) is 0. The van der Waals surface area contributed by atoms with Crippen LogP contribution in [0.15, 0.2) is 36.8 Å². The van der Waals surface area contributed by atoms with E-state index in [2.05, 4.69) is 14.9 Å². The number of carbonyl (C=O) groups excluding carboxylic acids is 1. The minimum absolute atomic E-state index is 0.288. The number of halogens is 1. The molecule has 0 atom stereocenters. The topological polar surface area (TPSA) is 63.5 Å². The molecule has 1 aliphatic rings. The highest BCUT2D eigenvalue weighted by Crippen LogP contribution is 2.30. The van der Waals surface area contributed by atoms with Crippen LogP contribution in [-0.4, -0.2) is 57.3 Å². The van der Waals surface area contributed by atoms with E-state index in [0.29, 0.717) is 31.9 Å². The Morgan fingerprint density at radius 1 is 1.13 bits per heavy atom. The molecule has 0 N–H and O–H groups in total. The highest BCUT2D eigenvalue weighted by atomic mass is 19.1. The van der Waals surface area contributed by atoms with E-state index in [9.17, 15) is 9.18 Å². The van der Waals surface area contributed by atoms with Gasteiger partial charge in [-0.05, 0) is 51.5 Å². The number of anilines is 1. The van der Waals surface area contributed by atoms with Crippen LogP contribution in [0.2, 0.25) is 0 Å². The number of rotatable bonds is 2. The summed E-state index contributed by atoms with van der Waals surface area (Å²) in [6, 6.07) is 6.44. The van der Waals surface area contributed by atoms with Gasteiger partial charge in [0.2, 0.25) is 0 Å². The van der Waals surface area contributed by atoms with Crippen LogP contribution < -0.4 is 4.90 Å². The van der Waals surface area contributed by atoms with Crippen LogP contribution in [0.5, 0.6) is 0 Å². The number of hydrogen-bond acceptors (Lipinski definition) is 5. The normalized spacial score (nSPS) is 15.0. The summed E-state index contributed by atoms with van der Waals surface area (Å²) in [5, 5.41) is 0.937. The number of aryl methyl sites for hydroxylation is 1. The van der Waals surface area contributed by atoms with Crippen molar-refractivity contribution in [2.75, 3.05) is 31.1 Å². The fourth-order valence-corrected chi connectivity index (χ4v) is 3.71. The second-order valence-electron chi connectivity index (χ2n) is 8.51. The van der Waals surface area contributed by atoms with Crippen molar-refractivity contribution in [1.82, 2.24) is 19.4 Å². The molecular formula is C22H26FN5O2. The Hall–Kier alpha value is -3.16. The summed E-state index contributed by atoms with van der Waals surface area (Å²) in [5.41, 5.74) is 1.95. The summed E-state index contributed by atoms with van der Waals surface area (Å²) < 4.78 is 21.1. The number of aromatic nitrogens is 3. The zero-order valence-electron chi connectivity index (χ0n) is 17.7. The van der Waals surface area contributed by atoms with Crippen LogP contribution in [0.3, 0.4) is 0 Å². The molecule has 2 aromatic heterocycles. The van der Waals surface area contributed by atoms with E-state index in [1.807, 2.05) is 44.5 Å². The maximum atomic E-state index is 13.7. The van der Waals surface area contributed by atoms with Gasteiger partial charge >= 0.3 is 6.09 Å². The molecule has 0 radical (unpaired) electrons.